The second kappa shape index (κ2) is 16.1. The zero-order valence-corrected chi connectivity index (χ0v) is 28.4. The van der Waals surface area contributed by atoms with Crippen LogP contribution in [0.1, 0.15) is 137 Å². The molecule has 5 nitrogen and oxygen atoms in total. The van der Waals surface area contributed by atoms with Crippen LogP contribution in [0.4, 0.5) is 0 Å². The number of carbonyl (C=O) groups excluding carboxylic acids is 1. The molecular weight excluding hydrogens is 518 g/mol. The molecule has 0 aliphatic heterocycles. The summed E-state index contributed by atoms with van der Waals surface area (Å²) in [5.41, 5.74) is 6.62. The Morgan fingerprint density at radius 2 is 1.62 bits per heavy atom. The summed E-state index contributed by atoms with van der Waals surface area (Å²) in [5.74, 6) is 6.47. The van der Waals surface area contributed by atoms with Gasteiger partial charge in [-0.15, -0.1) is 0 Å². The van der Waals surface area contributed by atoms with Gasteiger partial charge in [0.05, 0.1) is 12.7 Å². The van der Waals surface area contributed by atoms with Crippen molar-refractivity contribution in [3.63, 3.8) is 0 Å². The summed E-state index contributed by atoms with van der Waals surface area (Å²) in [6.45, 7) is 16.8. The molecule has 5 heteroatoms. The largest absolute Gasteiger partial charge is 0.378 e. The minimum atomic E-state index is 0.133. The highest BCUT2D eigenvalue weighted by Crippen LogP contribution is 2.68. The summed E-state index contributed by atoms with van der Waals surface area (Å²) in [4.78, 5) is 12.3. The topological polar surface area (TPSA) is 76.4 Å². The summed E-state index contributed by atoms with van der Waals surface area (Å²) < 4.78 is 6.36. The Kier molecular flexibility index (Phi) is 13.1. The van der Waals surface area contributed by atoms with Gasteiger partial charge in [0.15, 0.2) is 0 Å². The molecular formula is C37H69N3O2. The lowest BCUT2D eigenvalue weighted by Gasteiger charge is -2.61. The number of hydrogen-bond donors (Lipinski definition) is 3. The zero-order chi connectivity index (χ0) is 30.2. The van der Waals surface area contributed by atoms with E-state index < -0.39 is 0 Å². The molecule has 0 bridgehead atoms. The lowest BCUT2D eigenvalue weighted by atomic mass is 9.44. The summed E-state index contributed by atoms with van der Waals surface area (Å²) in [6, 6.07) is 0. The predicted octanol–water partition coefficient (Wildman–Crippen LogP) is 7.72. The average Bonchev–Trinajstić information content (AvgIpc) is 3.31. The van der Waals surface area contributed by atoms with E-state index in [2.05, 4.69) is 45.3 Å². The van der Waals surface area contributed by atoms with Crippen LogP contribution < -0.4 is 16.4 Å². The van der Waals surface area contributed by atoms with Crippen molar-refractivity contribution in [3.8, 4) is 0 Å². The first kappa shape index (κ1) is 34.2. The Bertz CT molecular complexity index is 819. The van der Waals surface area contributed by atoms with Crippen molar-refractivity contribution in [1.29, 1.82) is 0 Å². The maximum absolute atomic E-state index is 12.3. The fraction of sp³-hybridized carbons (Fsp3) is 0.973. The molecule has 244 valence electrons. The minimum absolute atomic E-state index is 0.133. The third-order valence-electron chi connectivity index (χ3n) is 13.2. The van der Waals surface area contributed by atoms with Crippen LogP contribution in [0, 0.1) is 52.3 Å². The Labute approximate surface area is 260 Å². The molecule has 4 aliphatic carbocycles. The van der Waals surface area contributed by atoms with E-state index in [-0.39, 0.29) is 5.91 Å². The van der Waals surface area contributed by atoms with Gasteiger partial charge < -0.3 is 21.1 Å². The Balaban J connectivity index is 1.18. The molecule has 42 heavy (non-hydrogen) atoms. The first-order chi connectivity index (χ1) is 20.2. The monoisotopic (exact) mass is 588 g/mol. The molecule has 0 aromatic heterocycles. The molecule has 0 saturated heterocycles. The lowest BCUT2D eigenvalue weighted by molar-refractivity contribution is -0.138. The van der Waals surface area contributed by atoms with Gasteiger partial charge in [0.1, 0.15) is 0 Å². The quantitative estimate of drug-likeness (QED) is 0.152. The number of unbranched alkanes of at least 4 members (excludes halogenated alkanes) is 1. The van der Waals surface area contributed by atoms with Gasteiger partial charge in [-0.05, 0) is 149 Å². The SMILES string of the molecule is CC(C)CCC[C@@H](C)[C@H]1CCC2C3CCC4C[C@@H](OCCC(=O)NCCCNCCCCN)CC[C@]4(C)C3CC[C@@]21C. The van der Waals surface area contributed by atoms with Gasteiger partial charge in [-0.3, -0.25) is 4.79 Å². The molecule has 4 aliphatic rings. The van der Waals surface area contributed by atoms with E-state index in [1.807, 2.05) is 0 Å². The van der Waals surface area contributed by atoms with E-state index in [0.717, 1.165) is 86.9 Å². The number of fused-ring (bicyclic) bond motifs is 5. The Morgan fingerprint density at radius 1 is 0.857 bits per heavy atom. The molecule has 1 amide bonds. The summed E-state index contributed by atoms with van der Waals surface area (Å²) in [6.07, 6.45) is 20.8. The van der Waals surface area contributed by atoms with Crippen molar-refractivity contribution in [2.45, 2.75) is 143 Å². The van der Waals surface area contributed by atoms with Gasteiger partial charge in [0.2, 0.25) is 5.91 Å². The first-order valence-electron chi connectivity index (χ1n) is 18.5. The van der Waals surface area contributed by atoms with Gasteiger partial charge in [-0.25, -0.2) is 0 Å². The standard InChI is InChI=1S/C37H69N3O2/c1-27(2)10-8-11-28(3)32-14-15-33-31-13-12-29-26-30(16-19-36(29,4)34(31)17-20-37(32,33)5)42-25-18-35(41)40-24-9-23-39-22-7-6-21-38/h27-34,39H,6-26,38H2,1-5H3,(H,40,41)/t28-,29?,30+,31?,32-,33?,34?,36+,37-/m1/s1. The van der Waals surface area contributed by atoms with Crippen LogP contribution in [0.25, 0.3) is 0 Å². The van der Waals surface area contributed by atoms with Gasteiger partial charge >= 0.3 is 0 Å². The predicted molar refractivity (Wildman–Crippen MR) is 176 cm³/mol. The highest BCUT2D eigenvalue weighted by molar-refractivity contribution is 5.75. The van der Waals surface area contributed by atoms with E-state index in [9.17, 15) is 4.79 Å². The number of ether oxygens (including phenoxy) is 1. The van der Waals surface area contributed by atoms with Crippen molar-refractivity contribution in [3.05, 3.63) is 0 Å². The second-order valence-electron chi connectivity index (χ2n) is 16.2. The summed E-state index contributed by atoms with van der Waals surface area (Å²) in [5, 5.41) is 6.49. The molecule has 4 fully saturated rings. The van der Waals surface area contributed by atoms with Crippen LogP contribution in [0.15, 0.2) is 0 Å². The van der Waals surface area contributed by atoms with E-state index in [1.165, 1.54) is 77.0 Å². The molecule has 0 aromatic carbocycles. The van der Waals surface area contributed by atoms with Gasteiger partial charge in [-0.2, -0.15) is 0 Å². The van der Waals surface area contributed by atoms with Crippen molar-refractivity contribution in [1.82, 2.24) is 10.6 Å². The van der Waals surface area contributed by atoms with Crippen LogP contribution in [0.2, 0.25) is 0 Å². The smallest absolute Gasteiger partial charge is 0.222 e. The van der Waals surface area contributed by atoms with Gasteiger partial charge in [-0.1, -0.05) is 53.9 Å². The van der Waals surface area contributed by atoms with Gasteiger partial charge in [0, 0.05) is 13.0 Å². The minimum Gasteiger partial charge on any atom is -0.378 e. The zero-order valence-electron chi connectivity index (χ0n) is 28.4. The number of amides is 1. The molecule has 0 spiro atoms. The third kappa shape index (κ3) is 8.33. The normalized spacial score (nSPS) is 36.7. The van der Waals surface area contributed by atoms with Crippen LogP contribution in [-0.2, 0) is 9.53 Å². The fourth-order valence-corrected chi connectivity index (χ4v) is 10.8. The average molecular weight is 588 g/mol. The number of carbonyl (C=O) groups is 1. The number of rotatable bonds is 17. The number of nitrogens with two attached hydrogens (primary N) is 1. The molecule has 4 rings (SSSR count). The summed E-state index contributed by atoms with van der Waals surface area (Å²) >= 11 is 0. The highest BCUT2D eigenvalue weighted by atomic mass is 16.5. The maximum Gasteiger partial charge on any atom is 0.222 e. The lowest BCUT2D eigenvalue weighted by Crippen LogP contribution is -2.54. The van der Waals surface area contributed by atoms with Crippen LogP contribution in [0.5, 0.6) is 0 Å². The van der Waals surface area contributed by atoms with Crippen LogP contribution in [-0.4, -0.2) is 44.8 Å². The highest BCUT2D eigenvalue weighted by Gasteiger charge is 2.60. The maximum atomic E-state index is 12.3. The van der Waals surface area contributed by atoms with Crippen molar-refractivity contribution in [2.75, 3.05) is 32.8 Å². The van der Waals surface area contributed by atoms with E-state index in [0.29, 0.717) is 30.0 Å². The van der Waals surface area contributed by atoms with E-state index in [4.69, 9.17) is 10.5 Å². The molecule has 4 unspecified atom stereocenters. The number of nitrogens with one attached hydrogen (secondary N) is 2. The van der Waals surface area contributed by atoms with Gasteiger partial charge in [0.25, 0.3) is 0 Å². The Morgan fingerprint density at radius 3 is 2.40 bits per heavy atom. The van der Waals surface area contributed by atoms with Crippen molar-refractivity contribution >= 4 is 5.91 Å². The fourth-order valence-electron chi connectivity index (χ4n) is 10.8. The van der Waals surface area contributed by atoms with Crippen LogP contribution in [0.3, 0.4) is 0 Å². The first-order valence-corrected chi connectivity index (χ1v) is 18.5. The molecule has 9 atom stereocenters. The van der Waals surface area contributed by atoms with Crippen molar-refractivity contribution < 1.29 is 9.53 Å². The third-order valence-corrected chi connectivity index (χ3v) is 13.2. The molecule has 4 N–H and O–H groups in total. The van der Waals surface area contributed by atoms with Crippen molar-refractivity contribution in [2.24, 2.45) is 58.0 Å². The molecule has 4 saturated carbocycles. The second-order valence-corrected chi connectivity index (χ2v) is 16.2. The van der Waals surface area contributed by atoms with E-state index >= 15 is 0 Å². The number of hydrogen-bond acceptors (Lipinski definition) is 4. The Hall–Kier alpha value is -0.650. The molecule has 0 aromatic rings. The van der Waals surface area contributed by atoms with Crippen LogP contribution >= 0.6 is 0 Å². The molecule has 0 heterocycles. The van der Waals surface area contributed by atoms with E-state index in [1.54, 1.807) is 0 Å². The molecule has 0 radical (unpaired) electrons. The summed E-state index contributed by atoms with van der Waals surface area (Å²) in [7, 11) is 0.